The van der Waals surface area contributed by atoms with Gasteiger partial charge in [-0.1, -0.05) is 30.3 Å². The summed E-state index contributed by atoms with van der Waals surface area (Å²) in [5.74, 6) is -0.472. The third-order valence-electron chi connectivity index (χ3n) is 1.17. The third kappa shape index (κ3) is 4.87. The molecule has 0 heterocycles. The maximum absolute atomic E-state index is 10.6. The molecule has 0 fully saturated rings. The van der Waals surface area contributed by atoms with E-state index in [9.17, 15) is 9.59 Å². The van der Waals surface area contributed by atoms with Crippen molar-refractivity contribution in [3.63, 3.8) is 0 Å². The molecule has 0 saturated heterocycles. The van der Waals surface area contributed by atoms with Crippen LogP contribution in [0.5, 0.6) is 0 Å². The lowest BCUT2D eigenvalue weighted by atomic mass is 10.1. The van der Waals surface area contributed by atoms with E-state index in [1.54, 1.807) is 30.3 Å². The van der Waals surface area contributed by atoms with Gasteiger partial charge in [0.1, 0.15) is 0 Å². The molecule has 0 aliphatic heterocycles. The average molecular weight is 179 g/mol. The molecule has 1 aromatic rings. The number of benzene rings is 1. The fraction of sp³-hybridized carbons (Fsp3) is 0.200. The summed E-state index contributed by atoms with van der Waals surface area (Å²) in [7, 11) is 3.75. The first-order chi connectivity index (χ1) is 6.26. The Balaban J connectivity index is 0.000000424. The maximum Gasteiger partial charge on any atom is 0.225 e. The number of rotatable bonds is 2. The number of nitrogens with one attached hydrogen (secondary N) is 1. The Bertz CT molecular complexity index is 257. The monoisotopic (exact) mass is 179 g/mol. The third-order valence-corrected chi connectivity index (χ3v) is 1.17. The summed E-state index contributed by atoms with van der Waals surface area (Å²) in [6, 6.07) is 8.45. The van der Waals surface area contributed by atoms with E-state index in [1.807, 2.05) is 14.1 Å². The molecule has 0 bridgehead atoms. The highest BCUT2D eigenvalue weighted by Gasteiger charge is 1.99. The summed E-state index contributed by atoms with van der Waals surface area (Å²) in [5.41, 5.74) is 0.442. The molecule has 0 aromatic heterocycles. The first kappa shape index (κ1) is 11.5. The van der Waals surface area contributed by atoms with Crippen LogP contribution in [-0.2, 0) is 4.79 Å². The Morgan fingerprint density at radius 3 is 2.08 bits per heavy atom. The molecular formula is C10H13NO2. The lowest BCUT2D eigenvalue weighted by molar-refractivity contribution is -0.104. The van der Waals surface area contributed by atoms with Crippen molar-refractivity contribution < 1.29 is 9.59 Å². The molecule has 0 atom stereocenters. The summed E-state index contributed by atoms with van der Waals surface area (Å²) in [6.07, 6.45) is 0.315. The summed E-state index contributed by atoms with van der Waals surface area (Å²) < 4.78 is 0. The van der Waals surface area contributed by atoms with E-state index in [0.717, 1.165) is 0 Å². The predicted octanol–water partition coefficient (Wildman–Crippen LogP) is 0.904. The zero-order chi connectivity index (χ0) is 10.1. The SMILES string of the molecule is CNC.O=CC(=O)c1ccccc1. The van der Waals surface area contributed by atoms with Gasteiger partial charge < -0.3 is 5.32 Å². The largest absolute Gasteiger partial charge is 0.323 e. The molecule has 0 aliphatic rings. The van der Waals surface area contributed by atoms with E-state index in [2.05, 4.69) is 5.32 Å². The highest BCUT2D eigenvalue weighted by Crippen LogP contribution is 1.96. The van der Waals surface area contributed by atoms with Crippen molar-refractivity contribution in [1.29, 1.82) is 0 Å². The van der Waals surface area contributed by atoms with Crippen LogP contribution in [0.4, 0.5) is 0 Å². The summed E-state index contributed by atoms with van der Waals surface area (Å²) in [6.45, 7) is 0. The molecule has 0 unspecified atom stereocenters. The van der Waals surface area contributed by atoms with Gasteiger partial charge in [0.25, 0.3) is 0 Å². The topological polar surface area (TPSA) is 46.2 Å². The number of ketones is 1. The molecule has 0 spiro atoms. The summed E-state index contributed by atoms with van der Waals surface area (Å²) in [4.78, 5) is 20.6. The lowest BCUT2D eigenvalue weighted by Gasteiger charge is -1.88. The van der Waals surface area contributed by atoms with Crippen LogP contribution in [-0.4, -0.2) is 26.2 Å². The van der Waals surface area contributed by atoms with E-state index >= 15 is 0 Å². The Morgan fingerprint density at radius 2 is 1.69 bits per heavy atom. The van der Waals surface area contributed by atoms with Gasteiger partial charge in [-0.3, -0.25) is 9.59 Å². The molecule has 1 N–H and O–H groups in total. The van der Waals surface area contributed by atoms with Gasteiger partial charge >= 0.3 is 0 Å². The quantitative estimate of drug-likeness (QED) is 0.417. The van der Waals surface area contributed by atoms with Crippen molar-refractivity contribution in [3.05, 3.63) is 35.9 Å². The van der Waals surface area contributed by atoms with Crippen LogP contribution in [0.15, 0.2) is 30.3 Å². The second kappa shape index (κ2) is 7.18. The van der Waals surface area contributed by atoms with Gasteiger partial charge in [-0.25, -0.2) is 0 Å². The van der Waals surface area contributed by atoms with Gasteiger partial charge in [0, 0.05) is 5.56 Å². The summed E-state index contributed by atoms with van der Waals surface area (Å²) in [5, 5.41) is 2.75. The van der Waals surface area contributed by atoms with Crippen molar-refractivity contribution in [2.75, 3.05) is 14.1 Å². The van der Waals surface area contributed by atoms with Crippen molar-refractivity contribution in [2.45, 2.75) is 0 Å². The minimum Gasteiger partial charge on any atom is -0.323 e. The fourth-order valence-electron chi connectivity index (χ4n) is 0.670. The van der Waals surface area contributed by atoms with E-state index in [0.29, 0.717) is 11.8 Å². The minimum absolute atomic E-state index is 0.315. The van der Waals surface area contributed by atoms with Crippen LogP contribution in [0.1, 0.15) is 10.4 Å². The van der Waals surface area contributed by atoms with Gasteiger partial charge in [-0.2, -0.15) is 0 Å². The average Bonchev–Trinajstić information content (AvgIpc) is 2.19. The molecule has 0 aliphatic carbocycles. The molecule has 0 radical (unpaired) electrons. The number of aldehydes is 1. The van der Waals surface area contributed by atoms with E-state index in [4.69, 9.17) is 0 Å². The zero-order valence-corrected chi connectivity index (χ0v) is 7.78. The van der Waals surface area contributed by atoms with E-state index in [-0.39, 0.29) is 0 Å². The van der Waals surface area contributed by atoms with Gasteiger partial charge in [0.05, 0.1) is 0 Å². The standard InChI is InChI=1S/C8H6O2.C2H7N/c9-6-8(10)7-4-2-1-3-5-7;1-3-2/h1-6H;3H,1-2H3. The molecule has 0 saturated carbocycles. The maximum atomic E-state index is 10.6. The van der Waals surface area contributed by atoms with Crippen LogP contribution >= 0.6 is 0 Å². The van der Waals surface area contributed by atoms with Crippen molar-refractivity contribution >= 4 is 12.1 Å². The normalized spacial score (nSPS) is 8.15. The molecular weight excluding hydrogens is 166 g/mol. The number of hydrogen-bond acceptors (Lipinski definition) is 3. The van der Waals surface area contributed by atoms with Crippen molar-refractivity contribution in [2.24, 2.45) is 0 Å². The lowest BCUT2D eigenvalue weighted by Crippen LogP contribution is -1.97. The second-order valence-electron chi connectivity index (χ2n) is 2.35. The fourth-order valence-corrected chi connectivity index (χ4v) is 0.670. The number of carbonyl (C=O) groups excluding carboxylic acids is 2. The molecule has 70 valence electrons. The minimum atomic E-state index is -0.472. The predicted molar refractivity (Wildman–Crippen MR) is 51.8 cm³/mol. The van der Waals surface area contributed by atoms with Gasteiger partial charge in [-0.05, 0) is 14.1 Å². The van der Waals surface area contributed by atoms with Crippen LogP contribution in [0.2, 0.25) is 0 Å². The second-order valence-corrected chi connectivity index (χ2v) is 2.35. The number of carbonyl (C=O) groups is 2. The highest BCUT2D eigenvalue weighted by atomic mass is 16.2. The first-order valence-corrected chi connectivity index (χ1v) is 3.89. The van der Waals surface area contributed by atoms with E-state index < -0.39 is 5.78 Å². The molecule has 13 heavy (non-hydrogen) atoms. The molecule has 3 nitrogen and oxygen atoms in total. The zero-order valence-electron chi connectivity index (χ0n) is 7.78. The smallest absolute Gasteiger partial charge is 0.225 e. The Hall–Kier alpha value is -1.48. The van der Waals surface area contributed by atoms with Gasteiger partial charge in [0.2, 0.25) is 5.78 Å². The molecule has 0 amide bonds. The Kier molecular flexibility index (Phi) is 6.37. The number of Topliss-reactive ketones (excluding diaryl/α,β-unsaturated/α-hetero) is 1. The van der Waals surface area contributed by atoms with Crippen LogP contribution in [0.25, 0.3) is 0 Å². The molecule has 1 aromatic carbocycles. The van der Waals surface area contributed by atoms with Crippen molar-refractivity contribution in [1.82, 2.24) is 5.32 Å². The number of hydrogen-bond donors (Lipinski definition) is 1. The van der Waals surface area contributed by atoms with E-state index in [1.165, 1.54) is 0 Å². The molecule has 3 heteroatoms. The Labute approximate surface area is 77.8 Å². The first-order valence-electron chi connectivity index (χ1n) is 3.89. The summed E-state index contributed by atoms with van der Waals surface area (Å²) >= 11 is 0. The van der Waals surface area contributed by atoms with Crippen molar-refractivity contribution in [3.8, 4) is 0 Å². The van der Waals surface area contributed by atoms with Gasteiger partial charge in [-0.15, -0.1) is 0 Å². The molecule has 1 rings (SSSR count). The Morgan fingerprint density at radius 1 is 1.23 bits per heavy atom. The van der Waals surface area contributed by atoms with Crippen LogP contribution in [0.3, 0.4) is 0 Å². The van der Waals surface area contributed by atoms with Crippen LogP contribution < -0.4 is 5.32 Å². The van der Waals surface area contributed by atoms with Gasteiger partial charge in [0.15, 0.2) is 6.29 Å². The van der Waals surface area contributed by atoms with Crippen LogP contribution in [0, 0.1) is 0 Å². The highest BCUT2D eigenvalue weighted by molar-refractivity contribution is 6.33.